The standard InChI is InChI=1S/C15H17ClN2O5S2/c1-11-4-5-12(16)10-15(11)24(19,20)17-13-6-8-14(9-7-13)25(21,22)18(2)23-3/h4-10,17H,1-3H3. The first-order chi connectivity index (χ1) is 11.6. The number of anilines is 1. The Morgan fingerprint density at radius 3 is 2.20 bits per heavy atom. The SMILES string of the molecule is CON(C)S(=O)(=O)c1ccc(NS(=O)(=O)c2cc(Cl)ccc2C)cc1. The van der Waals surface area contributed by atoms with Crippen molar-refractivity contribution in [2.45, 2.75) is 16.7 Å². The average Bonchev–Trinajstić information content (AvgIpc) is 2.56. The molecule has 0 bridgehead atoms. The average molecular weight is 405 g/mol. The quantitative estimate of drug-likeness (QED) is 0.747. The summed E-state index contributed by atoms with van der Waals surface area (Å²) in [5.74, 6) is 0. The zero-order valence-electron chi connectivity index (χ0n) is 13.7. The predicted molar refractivity (Wildman–Crippen MR) is 95.4 cm³/mol. The van der Waals surface area contributed by atoms with Gasteiger partial charge in [0.1, 0.15) is 0 Å². The molecule has 0 saturated heterocycles. The maximum absolute atomic E-state index is 12.5. The van der Waals surface area contributed by atoms with Crippen LogP contribution in [0.4, 0.5) is 5.69 Å². The maximum atomic E-state index is 12.5. The van der Waals surface area contributed by atoms with Crippen LogP contribution in [0, 0.1) is 6.92 Å². The van der Waals surface area contributed by atoms with Gasteiger partial charge in [-0.2, -0.15) is 0 Å². The highest BCUT2D eigenvalue weighted by Gasteiger charge is 2.21. The van der Waals surface area contributed by atoms with Crippen LogP contribution < -0.4 is 4.72 Å². The molecule has 0 aliphatic carbocycles. The summed E-state index contributed by atoms with van der Waals surface area (Å²) < 4.78 is 52.3. The number of rotatable bonds is 6. The van der Waals surface area contributed by atoms with Gasteiger partial charge in [0.2, 0.25) is 0 Å². The van der Waals surface area contributed by atoms with Crippen molar-refractivity contribution >= 4 is 37.3 Å². The number of hydrogen-bond acceptors (Lipinski definition) is 5. The number of sulfonamides is 2. The Labute approximate surface area is 152 Å². The number of aryl methyl sites for hydroxylation is 1. The van der Waals surface area contributed by atoms with Gasteiger partial charge in [0.15, 0.2) is 0 Å². The maximum Gasteiger partial charge on any atom is 0.264 e. The lowest BCUT2D eigenvalue weighted by Gasteiger charge is -2.15. The molecular formula is C15H17ClN2O5S2. The number of benzene rings is 2. The highest BCUT2D eigenvalue weighted by Crippen LogP contribution is 2.24. The third kappa shape index (κ3) is 4.31. The molecule has 7 nitrogen and oxygen atoms in total. The van der Waals surface area contributed by atoms with Crippen molar-refractivity contribution < 1.29 is 21.7 Å². The van der Waals surface area contributed by atoms with Crippen molar-refractivity contribution in [1.29, 1.82) is 0 Å². The molecule has 0 saturated carbocycles. The van der Waals surface area contributed by atoms with Crippen molar-refractivity contribution in [3.05, 3.63) is 53.1 Å². The number of nitrogens with zero attached hydrogens (tertiary/aromatic N) is 1. The first-order valence-corrected chi connectivity index (χ1v) is 10.3. The van der Waals surface area contributed by atoms with Gasteiger partial charge < -0.3 is 0 Å². The van der Waals surface area contributed by atoms with Crippen molar-refractivity contribution in [2.24, 2.45) is 0 Å². The second-order valence-corrected chi connectivity index (χ2v) is 9.16. The first kappa shape index (κ1) is 19.7. The Hall–Kier alpha value is -1.65. The Bertz CT molecular complexity index is 973. The number of nitrogens with one attached hydrogen (secondary N) is 1. The van der Waals surface area contributed by atoms with E-state index in [-0.39, 0.29) is 15.5 Å². The normalized spacial score (nSPS) is 12.4. The molecule has 1 N–H and O–H groups in total. The van der Waals surface area contributed by atoms with E-state index in [1.165, 1.54) is 44.5 Å². The molecule has 136 valence electrons. The number of hydrogen-bond donors (Lipinski definition) is 1. The van der Waals surface area contributed by atoms with Gasteiger partial charge in [-0.15, -0.1) is 0 Å². The Morgan fingerprint density at radius 2 is 1.64 bits per heavy atom. The summed E-state index contributed by atoms with van der Waals surface area (Å²) in [4.78, 5) is 4.71. The topological polar surface area (TPSA) is 92.8 Å². The fourth-order valence-electron chi connectivity index (χ4n) is 2.02. The lowest BCUT2D eigenvalue weighted by Crippen LogP contribution is -2.25. The molecule has 2 rings (SSSR count). The van der Waals surface area contributed by atoms with E-state index in [4.69, 9.17) is 11.6 Å². The van der Waals surface area contributed by atoms with E-state index in [1.807, 2.05) is 0 Å². The zero-order valence-corrected chi connectivity index (χ0v) is 16.1. The van der Waals surface area contributed by atoms with E-state index >= 15 is 0 Å². The van der Waals surface area contributed by atoms with Crippen LogP contribution in [-0.2, 0) is 24.9 Å². The highest BCUT2D eigenvalue weighted by molar-refractivity contribution is 7.92. The van der Waals surface area contributed by atoms with Gasteiger partial charge in [0.25, 0.3) is 20.0 Å². The van der Waals surface area contributed by atoms with E-state index in [0.29, 0.717) is 15.1 Å². The minimum Gasteiger partial charge on any atom is -0.288 e. The van der Waals surface area contributed by atoms with Gasteiger partial charge >= 0.3 is 0 Å². The van der Waals surface area contributed by atoms with Gasteiger partial charge in [-0.25, -0.2) is 16.8 Å². The third-order valence-corrected chi connectivity index (χ3v) is 6.89. The Morgan fingerprint density at radius 1 is 1.04 bits per heavy atom. The largest absolute Gasteiger partial charge is 0.288 e. The molecule has 0 atom stereocenters. The summed E-state index contributed by atoms with van der Waals surface area (Å²) in [7, 11) is -5.17. The minimum atomic E-state index is -3.85. The molecule has 2 aromatic rings. The summed E-state index contributed by atoms with van der Waals surface area (Å²) >= 11 is 5.86. The second-order valence-electron chi connectivity index (χ2n) is 5.14. The van der Waals surface area contributed by atoms with Gasteiger partial charge in [0.05, 0.1) is 16.9 Å². The van der Waals surface area contributed by atoms with Gasteiger partial charge in [-0.3, -0.25) is 9.56 Å². The lowest BCUT2D eigenvalue weighted by atomic mass is 10.2. The molecule has 0 aliphatic rings. The first-order valence-electron chi connectivity index (χ1n) is 7.00. The van der Waals surface area contributed by atoms with Crippen LogP contribution in [0.5, 0.6) is 0 Å². The predicted octanol–water partition coefficient (Wildman–Crippen LogP) is 2.63. The van der Waals surface area contributed by atoms with E-state index in [9.17, 15) is 16.8 Å². The summed E-state index contributed by atoms with van der Waals surface area (Å²) in [6, 6.07) is 9.84. The molecule has 0 spiro atoms. The Kier molecular flexibility index (Phi) is 5.75. The van der Waals surface area contributed by atoms with Gasteiger partial charge in [0, 0.05) is 17.8 Å². The van der Waals surface area contributed by atoms with E-state index in [2.05, 4.69) is 9.56 Å². The summed E-state index contributed by atoms with van der Waals surface area (Å²) in [5.41, 5.74) is 0.760. The summed E-state index contributed by atoms with van der Waals surface area (Å²) in [5, 5.41) is 0.301. The molecule has 10 heteroatoms. The lowest BCUT2D eigenvalue weighted by molar-refractivity contribution is -0.0258. The van der Waals surface area contributed by atoms with Crippen molar-refractivity contribution in [3.8, 4) is 0 Å². The summed E-state index contributed by atoms with van der Waals surface area (Å²) in [6.45, 7) is 1.65. The molecule has 0 heterocycles. The summed E-state index contributed by atoms with van der Waals surface area (Å²) in [6.07, 6.45) is 0. The van der Waals surface area contributed by atoms with Crippen LogP contribution in [0.25, 0.3) is 0 Å². The smallest absolute Gasteiger partial charge is 0.264 e. The molecule has 0 radical (unpaired) electrons. The zero-order chi connectivity index (χ0) is 18.8. The van der Waals surface area contributed by atoms with E-state index < -0.39 is 20.0 Å². The molecule has 25 heavy (non-hydrogen) atoms. The van der Waals surface area contributed by atoms with Crippen molar-refractivity contribution in [3.63, 3.8) is 0 Å². The van der Waals surface area contributed by atoms with Crippen molar-refractivity contribution in [2.75, 3.05) is 18.9 Å². The fourth-order valence-corrected chi connectivity index (χ4v) is 4.56. The van der Waals surface area contributed by atoms with Crippen LogP contribution in [0.1, 0.15) is 5.56 Å². The van der Waals surface area contributed by atoms with Gasteiger partial charge in [-0.05, 0) is 48.9 Å². The van der Waals surface area contributed by atoms with Crippen LogP contribution in [0.3, 0.4) is 0 Å². The van der Waals surface area contributed by atoms with Crippen LogP contribution in [-0.4, -0.2) is 35.5 Å². The number of halogens is 1. The highest BCUT2D eigenvalue weighted by atomic mass is 35.5. The second kappa shape index (κ2) is 7.30. The third-order valence-electron chi connectivity index (χ3n) is 3.44. The molecule has 0 unspecified atom stereocenters. The molecule has 2 aromatic carbocycles. The Balaban J connectivity index is 2.31. The fraction of sp³-hybridized carbons (Fsp3) is 0.200. The molecular weight excluding hydrogens is 388 g/mol. The minimum absolute atomic E-state index is 0.0289. The number of hydroxylamine groups is 1. The van der Waals surface area contributed by atoms with Gasteiger partial charge in [-0.1, -0.05) is 22.1 Å². The van der Waals surface area contributed by atoms with Crippen LogP contribution >= 0.6 is 11.6 Å². The van der Waals surface area contributed by atoms with Crippen LogP contribution in [0.15, 0.2) is 52.3 Å². The molecule has 0 fully saturated rings. The molecule has 0 aliphatic heterocycles. The van der Waals surface area contributed by atoms with E-state index in [1.54, 1.807) is 19.1 Å². The van der Waals surface area contributed by atoms with E-state index in [0.717, 1.165) is 0 Å². The van der Waals surface area contributed by atoms with Crippen LogP contribution in [0.2, 0.25) is 5.02 Å². The molecule has 0 amide bonds. The monoisotopic (exact) mass is 404 g/mol. The van der Waals surface area contributed by atoms with Crippen molar-refractivity contribution in [1.82, 2.24) is 4.47 Å². The molecule has 0 aromatic heterocycles.